The van der Waals surface area contributed by atoms with E-state index >= 15 is 0 Å². The van der Waals surface area contributed by atoms with Gasteiger partial charge in [-0.05, 0) is 65.3 Å². The van der Waals surface area contributed by atoms with E-state index in [0.717, 1.165) is 38.2 Å². The van der Waals surface area contributed by atoms with E-state index in [2.05, 4.69) is 26.2 Å². The maximum absolute atomic E-state index is 6.04. The molecular weight excluding hydrogens is 364 g/mol. The van der Waals surface area contributed by atoms with Crippen molar-refractivity contribution in [2.75, 3.05) is 12.4 Å². The van der Waals surface area contributed by atoms with Gasteiger partial charge in [-0.25, -0.2) is 0 Å². The Bertz CT molecular complexity index is 851. The summed E-state index contributed by atoms with van der Waals surface area (Å²) < 4.78 is 6.17. The number of nitrogens with one attached hydrogen (secondary N) is 1. The fraction of sp³-hybridized carbons (Fsp3) is 0.118. The Morgan fingerprint density at radius 3 is 2.68 bits per heavy atom. The molecule has 3 rings (SSSR count). The summed E-state index contributed by atoms with van der Waals surface area (Å²) in [5.41, 5.74) is 3.81. The van der Waals surface area contributed by atoms with Gasteiger partial charge in [-0.3, -0.25) is 4.98 Å². The van der Waals surface area contributed by atoms with Crippen LogP contribution in [0.3, 0.4) is 0 Å². The minimum Gasteiger partial charge on any atom is -0.497 e. The van der Waals surface area contributed by atoms with Crippen molar-refractivity contribution in [1.29, 1.82) is 0 Å². The number of methoxy groups -OCH3 is 1. The zero-order valence-corrected chi connectivity index (χ0v) is 14.5. The summed E-state index contributed by atoms with van der Waals surface area (Å²) >= 11 is 9.48. The lowest BCUT2D eigenvalue weighted by Crippen LogP contribution is -1.95. The summed E-state index contributed by atoms with van der Waals surface area (Å²) in [6.07, 6.45) is 0. The molecule has 0 aliphatic rings. The van der Waals surface area contributed by atoms with Crippen LogP contribution >= 0.6 is 27.5 Å². The van der Waals surface area contributed by atoms with Crippen molar-refractivity contribution in [3.8, 4) is 5.75 Å². The lowest BCUT2D eigenvalue weighted by molar-refractivity contribution is 0.415. The van der Waals surface area contributed by atoms with Crippen molar-refractivity contribution in [3.63, 3.8) is 0 Å². The number of nitrogens with zero attached hydrogens (tertiary/aromatic N) is 1. The Labute approximate surface area is 142 Å². The molecule has 0 fully saturated rings. The molecule has 0 bridgehead atoms. The molecule has 22 heavy (non-hydrogen) atoms. The van der Waals surface area contributed by atoms with Gasteiger partial charge in [-0.1, -0.05) is 11.6 Å². The molecular formula is C17H14BrClN2O. The molecule has 0 saturated carbocycles. The standard InChI is InChI=1S/C17H14BrClN2O/c1-10-7-17(21-11-3-5-15(19)14(18)8-11)13-9-12(22-2)4-6-16(13)20-10/h3-9H,1-2H3,(H,20,21). The molecule has 0 unspecified atom stereocenters. The predicted octanol–water partition coefficient (Wildman–Crippen LogP) is 5.71. The number of aromatic nitrogens is 1. The minimum absolute atomic E-state index is 0.683. The predicted molar refractivity (Wildman–Crippen MR) is 95.5 cm³/mol. The van der Waals surface area contributed by atoms with Crippen LogP contribution in [-0.4, -0.2) is 12.1 Å². The summed E-state index contributed by atoms with van der Waals surface area (Å²) in [7, 11) is 1.66. The number of aryl methyl sites for hydroxylation is 1. The monoisotopic (exact) mass is 376 g/mol. The molecule has 0 radical (unpaired) electrons. The quantitative estimate of drug-likeness (QED) is 0.634. The maximum Gasteiger partial charge on any atom is 0.119 e. The molecule has 3 aromatic rings. The number of pyridine rings is 1. The average molecular weight is 378 g/mol. The first-order chi connectivity index (χ1) is 10.6. The summed E-state index contributed by atoms with van der Waals surface area (Å²) in [6.45, 7) is 1.98. The van der Waals surface area contributed by atoms with Crippen LogP contribution in [0.15, 0.2) is 46.9 Å². The van der Waals surface area contributed by atoms with E-state index in [1.54, 1.807) is 7.11 Å². The van der Waals surface area contributed by atoms with Gasteiger partial charge in [0.25, 0.3) is 0 Å². The van der Waals surface area contributed by atoms with Gasteiger partial charge in [0.1, 0.15) is 5.75 Å². The normalized spacial score (nSPS) is 10.7. The van der Waals surface area contributed by atoms with E-state index in [1.165, 1.54) is 0 Å². The van der Waals surface area contributed by atoms with Crippen molar-refractivity contribution in [2.45, 2.75) is 6.92 Å². The fourth-order valence-corrected chi connectivity index (χ4v) is 2.79. The number of ether oxygens (including phenoxy) is 1. The van der Waals surface area contributed by atoms with Crippen molar-refractivity contribution < 1.29 is 4.74 Å². The van der Waals surface area contributed by atoms with Crippen LogP contribution in [0.5, 0.6) is 5.75 Å². The highest BCUT2D eigenvalue weighted by molar-refractivity contribution is 9.10. The van der Waals surface area contributed by atoms with Crippen molar-refractivity contribution in [3.05, 3.63) is 57.7 Å². The molecule has 0 aliphatic heterocycles. The Kier molecular flexibility index (Phi) is 4.23. The minimum atomic E-state index is 0.683. The first-order valence-electron chi connectivity index (χ1n) is 6.74. The maximum atomic E-state index is 6.04. The second-order valence-corrected chi connectivity index (χ2v) is 6.21. The number of hydrogen-bond acceptors (Lipinski definition) is 3. The highest BCUT2D eigenvalue weighted by atomic mass is 79.9. The van der Waals surface area contributed by atoms with Gasteiger partial charge in [0, 0.05) is 26.9 Å². The van der Waals surface area contributed by atoms with E-state index < -0.39 is 0 Å². The van der Waals surface area contributed by atoms with Crippen LogP contribution in [0.4, 0.5) is 11.4 Å². The number of fused-ring (bicyclic) bond motifs is 1. The van der Waals surface area contributed by atoms with Crippen LogP contribution in [0.2, 0.25) is 5.02 Å². The molecule has 3 nitrogen and oxygen atoms in total. The molecule has 0 saturated heterocycles. The van der Waals surface area contributed by atoms with E-state index in [1.807, 2.05) is 49.4 Å². The van der Waals surface area contributed by atoms with Crippen LogP contribution in [0, 0.1) is 6.92 Å². The Balaban J connectivity index is 2.10. The van der Waals surface area contributed by atoms with E-state index in [9.17, 15) is 0 Å². The summed E-state index contributed by atoms with van der Waals surface area (Å²) in [5, 5.41) is 5.12. The first-order valence-corrected chi connectivity index (χ1v) is 7.91. The van der Waals surface area contributed by atoms with Gasteiger partial charge in [-0.15, -0.1) is 0 Å². The third kappa shape index (κ3) is 3.03. The third-order valence-electron chi connectivity index (χ3n) is 3.34. The lowest BCUT2D eigenvalue weighted by atomic mass is 10.1. The Morgan fingerprint density at radius 2 is 1.95 bits per heavy atom. The van der Waals surface area contributed by atoms with E-state index in [0.29, 0.717) is 5.02 Å². The molecule has 1 aromatic heterocycles. The van der Waals surface area contributed by atoms with E-state index in [-0.39, 0.29) is 0 Å². The van der Waals surface area contributed by atoms with Crippen molar-refractivity contribution in [2.24, 2.45) is 0 Å². The zero-order chi connectivity index (χ0) is 15.7. The fourth-order valence-electron chi connectivity index (χ4n) is 2.30. The molecule has 0 atom stereocenters. The van der Waals surface area contributed by atoms with Gasteiger partial charge in [0.05, 0.1) is 17.6 Å². The molecule has 1 heterocycles. The number of anilines is 2. The molecule has 0 amide bonds. The SMILES string of the molecule is COc1ccc2nc(C)cc(Nc3ccc(Cl)c(Br)c3)c2c1. The Hall–Kier alpha value is -1.78. The van der Waals surface area contributed by atoms with Crippen molar-refractivity contribution in [1.82, 2.24) is 4.98 Å². The zero-order valence-electron chi connectivity index (χ0n) is 12.2. The number of halogens is 2. The van der Waals surface area contributed by atoms with Gasteiger partial charge < -0.3 is 10.1 Å². The molecule has 0 spiro atoms. The third-order valence-corrected chi connectivity index (χ3v) is 4.56. The number of rotatable bonds is 3. The molecule has 2 aromatic carbocycles. The first kappa shape index (κ1) is 15.1. The van der Waals surface area contributed by atoms with Gasteiger partial charge in [-0.2, -0.15) is 0 Å². The summed E-state index contributed by atoms with van der Waals surface area (Å²) in [6, 6.07) is 13.6. The summed E-state index contributed by atoms with van der Waals surface area (Å²) in [4.78, 5) is 4.56. The van der Waals surface area contributed by atoms with Crippen LogP contribution in [0.25, 0.3) is 10.9 Å². The largest absolute Gasteiger partial charge is 0.497 e. The second kappa shape index (κ2) is 6.15. The smallest absolute Gasteiger partial charge is 0.119 e. The van der Waals surface area contributed by atoms with Crippen LogP contribution in [0.1, 0.15) is 5.69 Å². The van der Waals surface area contributed by atoms with Gasteiger partial charge >= 0.3 is 0 Å². The number of hydrogen-bond donors (Lipinski definition) is 1. The molecule has 5 heteroatoms. The summed E-state index contributed by atoms with van der Waals surface area (Å²) in [5.74, 6) is 0.804. The van der Waals surface area contributed by atoms with E-state index in [4.69, 9.17) is 16.3 Å². The van der Waals surface area contributed by atoms with Crippen LogP contribution in [-0.2, 0) is 0 Å². The van der Waals surface area contributed by atoms with Gasteiger partial charge in [0.2, 0.25) is 0 Å². The average Bonchev–Trinajstić information content (AvgIpc) is 2.50. The lowest BCUT2D eigenvalue weighted by Gasteiger charge is -2.12. The van der Waals surface area contributed by atoms with Crippen molar-refractivity contribution >= 4 is 49.8 Å². The van der Waals surface area contributed by atoms with Gasteiger partial charge in [0.15, 0.2) is 0 Å². The van der Waals surface area contributed by atoms with Crippen LogP contribution < -0.4 is 10.1 Å². The number of benzene rings is 2. The topological polar surface area (TPSA) is 34.1 Å². The Morgan fingerprint density at radius 1 is 1.14 bits per heavy atom. The molecule has 1 N–H and O–H groups in total. The second-order valence-electron chi connectivity index (χ2n) is 4.95. The molecule has 112 valence electrons. The highest BCUT2D eigenvalue weighted by Crippen LogP contribution is 2.32. The molecule has 0 aliphatic carbocycles. The highest BCUT2D eigenvalue weighted by Gasteiger charge is 2.07.